The zero-order valence-electron chi connectivity index (χ0n) is 18.4. The van der Waals surface area contributed by atoms with Crippen molar-refractivity contribution in [2.75, 3.05) is 14.2 Å². The van der Waals surface area contributed by atoms with Gasteiger partial charge < -0.3 is 9.47 Å². The fraction of sp³-hybridized carbons (Fsp3) is 0.160. The average Bonchev–Trinajstić information content (AvgIpc) is 3.29. The molecule has 0 aliphatic rings. The van der Waals surface area contributed by atoms with Crippen molar-refractivity contribution < 1.29 is 14.3 Å². The lowest BCUT2D eigenvalue weighted by atomic mass is 10.0. The van der Waals surface area contributed by atoms with E-state index in [1.807, 2.05) is 55.5 Å². The van der Waals surface area contributed by atoms with Gasteiger partial charge in [0.2, 0.25) is 0 Å². The van der Waals surface area contributed by atoms with Crippen LogP contribution in [0.4, 0.5) is 0 Å². The molecular weight excluding hydrogens is 458 g/mol. The lowest BCUT2D eigenvalue weighted by Crippen LogP contribution is -2.20. The Morgan fingerprint density at radius 2 is 1.91 bits per heavy atom. The highest BCUT2D eigenvalue weighted by Crippen LogP contribution is 2.34. The standard InChI is InChI=1S/C25H22ClN3O3S/c1-4-19(23-11-12-24(26)33-23)28-29-25(30)18-14-21(27-20-8-6-5-7-16(18)20)17-10-9-15(31-2)13-22(17)32-3/h5-14H,4H2,1-3H3,(H,29,30)/b28-19-. The molecule has 1 amide bonds. The molecule has 0 saturated carbocycles. The van der Waals surface area contributed by atoms with Gasteiger partial charge in [0.15, 0.2) is 0 Å². The molecular formula is C25H22ClN3O3S. The Bertz CT molecular complexity index is 1350. The van der Waals surface area contributed by atoms with E-state index in [9.17, 15) is 4.79 Å². The average molecular weight is 480 g/mol. The predicted octanol–water partition coefficient (Wildman–Crippen LogP) is 6.18. The maximum absolute atomic E-state index is 13.2. The number of thiophene rings is 1. The third-order valence-corrected chi connectivity index (χ3v) is 6.41. The van der Waals surface area contributed by atoms with Crippen LogP contribution in [0.15, 0.2) is 65.8 Å². The lowest BCUT2D eigenvalue weighted by molar-refractivity contribution is 0.0956. The van der Waals surface area contributed by atoms with E-state index in [4.69, 9.17) is 26.1 Å². The van der Waals surface area contributed by atoms with E-state index in [-0.39, 0.29) is 5.91 Å². The maximum Gasteiger partial charge on any atom is 0.272 e. The summed E-state index contributed by atoms with van der Waals surface area (Å²) in [6, 6.07) is 18.5. The molecule has 0 saturated heterocycles. The van der Waals surface area contributed by atoms with Crippen molar-refractivity contribution >= 4 is 45.5 Å². The van der Waals surface area contributed by atoms with E-state index >= 15 is 0 Å². The van der Waals surface area contributed by atoms with Gasteiger partial charge in [-0.15, -0.1) is 11.3 Å². The van der Waals surface area contributed by atoms with Crippen LogP contribution in [0, 0.1) is 0 Å². The summed E-state index contributed by atoms with van der Waals surface area (Å²) in [5.41, 5.74) is 6.00. The number of fused-ring (bicyclic) bond motifs is 1. The first-order valence-corrected chi connectivity index (χ1v) is 11.5. The van der Waals surface area contributed by atoms with Crippen molar-refractivity contribution in [2.45, 2.75) is 13.3 Å². The van der Waals surface area contributed by atoms with Crippen LogP contribution in [0.5, 0.6) is 11.5 Å². The van der Waals surface area contributed by atoms with E-state index in [2.05, 4.69) is 10.5 Å². The molecule has 0 fully saturated rings. The number of ether oxygens (including phenoxy) is 2. The number of nitrogens with one attached hydrogen (secondary N) is 1. The smallest absolute Gasteiger partial charge is 0.272 e. The molecule has 4 aromatic rings. The summed E-state index contributed by atoms with van der Waals surface area (Å²) in [5, 5.41) is 5.11. The molecule has 0 unspecified atom stereocenters. The lowest BCUT2D eigenvalue weighted by Gasteiger charge is -2.13. The van der Waals surface area contributed by atoms with Gasteiger partial charge in [-0.3, -0.25) is 4.79 Å². The Labute approximate surface area is 200 Å². The van der Waals surface area contributed by atoms with Crippen molar-refractivity contribution in [3.63, 3.8) is 0 Å². The Kier molecular flexibility index (Phi) is 6.91. The molecule has 33 heavy (non-hydrogen) atoms. The number of hydrazone groups is 1. The van der Waals surface area contributed by atoms with Crippen LogP contribution >= 0.6 is 22.9 Å². The molecule has 2 heterocycles. The zero-order chi connectivity index (χ0) is 23.4. The predicted molar refractivity (Wildman–Crippen MR) is 134 cm³/mol. The quantitative estimate of drug-likeness (QED) is 0.254. The Balaban J connectivity index is 1.76. The Morgan fingerprint density at radius 1 is 1.09 bits per heavy atom. The minimum Gasteiger partial charge on any atom is -0.497 e. The third kappa shape index (κ3) is 4.84. The van der Waals surface area contributed by atoms with Gasteiger partial charge in [-0.2, -0.15) is 5.10 Å². The monoisotopic (exact) mass is 479 g/mol. The van der Waals surface area contributed by atoms with Crippen molar-refractivity contribution in [2.24, 2.45) is 5.10 Å². The second-order valence-electron chi connectivity index (χ2n) is 7.10. The number of carbonyl (C=O) groups is 1. The summed E-state index contributed by atoms with van der Waals surface area (Å²) < 4.78 is 11.5. The second kappa shape index (κ2) is 10.0. The van der Waals surface area contributed by atoms with Gasteiger partial charge in [-0.1, -0.05) is 36.7 Å². The van der Waals surface area contributed by atoms with Crippen molar-refractivity contribution in [3.05, 3.63) is 75.4 Å². The topological polar surface area (TPSA) is 72.8 Å². The van der Waals surface area contributed by atoms with Gasteiger partial charge in [0, 0.05) is 17.0 Å². The fourth-order valence-corrected chi connectivity index (χ4v) is 4.57. The molecule has 2 aromatic carbocycles. The molecule has 0 atom stereocenters. The highest BCUT2D eigenvalue weighted by molar-refractivity contribution is 7.18. The van der Waals surface area contributed by atoms with Gasteiger partial charge in [-0.25, -0.2) is 10.4 Å². The number of benzene rings is 2. The molecule has 4 rings (SSSR count). The number of hydrogen-bond donors (Lipinski definition) is 1. The van der Waals surface area contributed by atoms with Crippen LogP contribution in [0.2, 0.25) is 4.34 Å². The summed E-state index contributed by atoms with van der Waals surface area (Å²) in [4.78, 5) is 18.9. The minimum absolute atomic E-state index is 0.323. The Morgan fingerprint density at radius 3 is 2.61 bits per heavy atom. The number of methoxy groups -OCH3 is 2. The normalized spacial score (nSPS) is 11.5. The summed E-state index contributed by atoms with van der Waals surface area (Å²) in [6.45, 7) is 1.98. The number of carbonyl (C=O) groups excluding carboxylic acids is 1. The maximum atomic E-state index is 13.2. The molecule has 1 N–H and O–H groups in total. The van der Waals surface area contributed by atoms with E-state index in [0.717, 1.165) is 21.5 Å². The summed E-state index contributed by atoms with van der Waals surface area (Å²) in [6.07, 6.45) is 0.655. The molecule has 0 bridgehead atoms. The highest BCUT2D eigenvalue weighted by Gasteiger charge is 2.17. The fourth-order valence-electron chi connectivity index (χ4n) is 3.47. The number of amides is 1. The van der Waals surface area contributed by atoms with E-state index in [1.54, 1.807) is 26.4 Å². The van der Waals surface area contributed by atoms with Gasteiger partial charge >= 0.3 is 0 Å². The first-order valence-electron chi connectivity index (χ1n) is 10.3. The first-order chi connectivity index (χ1) is 16.0. The minimum atomic E-state index is -0.323. The van der Waals surface area contributed by atoms with Crippen LogP contribution in [0.3, 0.4) is 0 Å². The van der Waals surface area contributed by atoms with E-state index < -0.39 is 0 Å². The molecule has 2 aromatic heterocycles. The summed E-state index contributed by atoms with van der Waals surface area (Å²) >= 11 is 7.48. The molecule has 0 aliphatic carbocycles. The molecule has 168 valence electrons. The molecule has 8 heteroatoms. The van der Waals surface area contributed by atoms with Crippen LogP contribution in [-0.2, 0) is 0 Å². The number of para-hydroxylation sites is 1. The van der Waals surface area contributed by atoms with E-state index in [1.165, 1.54) is 11.3 Å². The molecule has 0 spiro atoms. The van der Waals surface area contributed by atoms with E-state index in [0.29, 0.717) is 39.0 Å². The first kappa shape index (κ1) is 22.8. The number of aromatic nitrogens is 1. The van der Waals surface area contributed by atoms with Crippen molar-refractivity contribution in [1.29, 1.82) is 0 Å². The number of halogens is 1. The summed E-state index contributed by atoms with van der Waals surface area (Å²) in [7, 11) is 3.19. The SMILES string of the molecule is CC/C(=N/NC(=O)c1cc(-c2ccc(OC)cc2OC)nc2ccccc12)c1ccc(Cl)s1. The van der Waals surface area contributed by atoms with Crippen LogP contribution in [-0.4, -0.2) is 30.8 Å². The van der Waals surface area contributed by atoms with Crippen molar-refractivity contribution in [3.8, 4) is 22.8 Å². The van der Waals surface area contributed by atoms with Gasteiger partial charge in [0.25, 0.3) is 5.91 Å². The van der Waals surface area contributed by atoms with Gasteiger partial charge in [0.05, 0.1) is 45.9 Å². The van der Waals surface area contributed by atoms with Gasteiger partial charge in [-0.05, 0) is 42.8 Å². The van der Waals surface area contributed by atoms with Crippen LogP contribution in [0.25, 0.3) is 22.2 Å². The largest absolute Gasteiger partial charge is 0.497 e. The van der Waals surface area contributed by atoms with Crippen LogP contribution < -0.4 is 14.9 Å². The highest BCUT2D eigenvalue weighted by atomic mass is 35.5. The number of nitrogens with zero attached hydrogens (tertiary/aromatic N) is 2. The number of rotatable bonds is 7. The molecule has 0 aliphatic heterocycles. The Hall–Kier alpha value is -3.42. The van der Waals surface area contributed by atoms with Crippen molar-refractivity contribution in [1.82, 2.24) is 10.4 Å². The van der Waals surface area contributed by atoms with Gasteiger partial charge in [0.1, 0.15) is 11.5 Å². The van der Waals surface area contributed by atoms with Crippen LogP contribution in [0.1, 0.15) is 28.6 Å². The number of pyridine rings is 1. The summed E-state index contributed by atoms with van der Waals surface area (Å²) in [5.74, 6) is 0.949. The molecule has 6 nitrogen and oxygen atoms in total. The third-order valence-electron chi connectivity index (χ3n) is 5.13. The zero-order valence-corrected chi connectivity index (χ0v) is 20.0. The second-order valence-corrected chi connectivity index (χ2v) is 8.81. The molecule has 0 radical (unpaired) electrons. The number of hydrogen-bond acceptors (Lipinski definition) is 6.